The van der Waals surface area contributed by atoms with Gasteiger partial charge >= 0.3 is 6.11 Å². The molecule has 0 N–H and O–H groups in total. The Morgan fingerprint density at radius 3 is 1.94 bits per heavy atom. The van der Waals surface area contributed by atoms with Gasteiger partial charge in [0.1, 0.15) is 34.6 Å². The summed E-state index contributed by atoms with van der Waals surface area (Å²) in [5.41, 5.74) is 1.49. The molecule has 4 rings (SSSR count). The van der Waals surface area contributed by atoms with E-state index in [0.29, 0.717) is 31.6 Å². The van der Waals surface area contributed by atoms with Crippen molar-refractivity contribution in [2.45, 2.75) is 51.7 Å². The number of hydrogen-bond acceptors (Lipinski definition) is 2. The fraction of sp³-hybridized carbons (Fsp3) is 0.333. The van der Waals surface area contributed by atoms with Crippen LogP contribution in [0.2, 0.25) is 0 Å². The first-order valence-corrected chi connectivity index (χ1v) is 11.2. The van der Waals surface area contributed by atoms with Crippen molar-refractivity contribution < 1.29 is 35.8 Å². The van der Waals surface area contributed by atoms with Gasteiger partial charge in [0.25, 0.3) is 0 Å². The van der Waals surface area contributed by atoms with Crippen LogP contribution in [-0.4, -0.2) is 6.61 Å². The van der Waals surface area contributed by atoms with Crippen molar-refractivity contribution >= 4 is 0 Å². The number of benzene rings is 3. The van der Waals surface area contributed by atoms with E-state index in [1.165, 1.54) is 5.56 Å². The summed E-state index contributed by atoms with van der Waals surface area (Å²) < 4.78 is 96.2. The number of hydrogen-bond donors (Lipinski definition) is 0. The number of ether oxygens (including phenoxy) is 2. The van der Waals surface area contributed by atoms with Gasteiger partial charge in [-0.3, -0.25) is 0 Å². The molecule has 0 aromatic heterocycles. The lowest BCUT2D eigenvalue weighted by atomic mass is 9.88. The van der Waals surface area contributed by atoms with E-state index in [9.17, 15) is 26.3 Å². The molecule has 1 heterocycles. The van der Waals surface area contributed by atoms with Crippen molar-refractivity contribution in [1.29, 1.82) is 0 Å². The van der Waals surface area contributed by atoms with Crippen molar-refractivity contribution in [2.75, 3.05) is 6.61 Å². The Bertz CT molecular complexity index is 1200. The summed E-state index contributed by atoms with van der Waals surface area (Å²) >= 11 is 0. The highest BCUT2D eigenvalue weighted by Gasteiger charge is 2.42. The Kier molecular flexibility index (Phi) is 6.86. The summed E-state index contributed by atoms with van der Waals surface area (Å²) in [5, 5.41) is 0. The molecule has 0 amide bonds. The Morgan fingerprint density at radius 1 is 0.771 bits per heavy atom. The minimum Gasteiger partial charge on any atom is -0.429 e. The molecule has 0 aliphatic carbocycles. The van der Waals surface area contributed by atoms with Gasteiger partial charge in [0.05, 0.1) is 12.7 Å². The van der Waals surface area contributed by atoms with Gasteiger partial charge in [-0.2, -0.15) is 8.78 Å². The van der Waals surface area contributed by atoms with Crippen LogP contribution in [0.15, 0.2) is 42.5 Å². The lowest BCUT2D eigenvalue weighted by Crippen LogP contribution is -2.26. The highest BCUT2D eigenvalue weighted by Crippen LogP contribution is 2.40. The molecule has 1 saturated heterocycles. The molecule has 3 aromatic rings. The van der Waals surface area contributed by atoms with Crippen LogP contribution in [0.5, 0.6) is 5.75 Å². The van der Waals surface area contributed by atoms with Crippen LogP contribution in [0.3, 0.4) is 0 Å². The molecule has 35 heavy (non-hydrogen) atoms. The molecule has 0 spiro atoms. The first-order valence-electron chi connectivity index (χ1n) is 11.2. The van der Waals surface area contributed by atoms with E-state index in [-0.39, 0.29) is 11.5 Å². The molecule has 186 valence electrons. The molecule has 1 aliphatic heterocycles. The van der Waals surface area contributed by atoms with E-state index in [2.05, 4.69) is 10.8 Å². The van der Waals surface area contributed by atoms with Gasteiger partial charge < -0.3 is 9.47 Å². The summed E-state index contributed by atoms with van der Waals surface area (Å²) in [4.78, 5) is 0. The quantitative estimate of drug-likeness (QED) is 0.335. The predicted octanol–water partition coefficient (Wildman–Crippen LogP) is 7.93. The second kappa shape index (κ2) is 9.57. The molecule has 0 bridgehead atoms. The molecule has 1 aliphatic rings. The highest BCUT2D eigenvalue weighted by molar-refractivity contribution is 5.35. The topological polar surface area (TPSA) is 18.5 Å². The summed E-state index contributed by atoms with van der Waals surface area (Å²) in [7, 11) is 0. The SMILES string of the molecule is Cc1ccc(C2CCC(c3cc(F)c(C(F)(F)Oc4cc(F)c(C)c(F)c4)c(F)c3)OC2)cc1C. The van der Waals surface area contributed by atoms with Gasteiger partial charge in [-0.15, -0.1) is 0 Å². The Labute approximate surface area is 199 Å². The van der Waals surface area contributed by atoms with Crippen LogP contribution in [0.4, 0.5) is 26.3 Å². The highest BCUT2D eigenvalue weighted by atomic mass is 19.3. The summed E-state index contributed by atoms with van der Waals surface area (Å²) in [6, 6.07) is 8.77. The first kappa shape index (κ1) is 25.1. The van der Waals surface area contributed by atoms with Crippen LogP contribution in [0.1, 0.15) is 58.2 Å². The van der Waals surface area contributed by atoms with Crippen molar-refractivity contribution in [1.82, 2.24) is 0 Å². The van der Waals surface area contributed by atoms with E-state index in [4.69, 9.17) is 4.74 Å². The van der Waals surface area contributed by atoms with Crippen molar-refractivity contribution in [2.24, 2.45) is 0 Å². The van der Waals surface area contributed by atoms with Gasteiger partial charge in [-0.25, -0.2) is 17.6 Å². The summed E-state index contributed by atoms with van der Waals surface area (Å²) in [5.74, 6) is -6.11. The Morgan fingerprint density at radius 2 is 1.40 bits per heavy atom. The molecule has 8 heteroatoms. The number of alkyl halides is 2. The lowest BCUT2D eigenvalue weighted by molar-refractivity contribution is -0.189. The van der Waals surface area contributed by atoms with Crippen LogP contribution in [-0.2, 0) is 10.8 Å². The third-order valence-corrected chi connectivity index (χ3v) is 6.51. The fourth-order valence-electron chi connectivity index (χ4n) is 4.23. The third-order valence-electron chi connectivity index (χ3n) is 6.51. The Hall–Kier alpha value is -3.00. The van der Waals surface area contributed by atoms with E-state index in [1.54, 1.807) is 0 Å². The number of halogens is 6. The molecular formula is C27H24F6O2. The minimum absolute atomic E-state index is 0.0884. The third kappa shape index (κ3) is 5.17. The van der Waals surface area contributed by atoms with Crippen molar-refractivity contribution in [3.8, 4) is 5.75 Å². The lowest BCUT2D eigenvalue weighted by Gasteiger charge is -2.30. The average Bonchev–Trinajstić information content (AvgIpc) is 2.78. The predicted molar refractivity (Wildman–Crippen MR) is 119 cm³/mol. The minimum atomic E-state index is -4.51. The standard InChI is InChI=1S/C27H24F6O2/c1-14-4-5-17(8-15(14)2)18-6-7-25(34-13-18)19-9-23(30)26(24(31)10-19)27(32,33)35-20-11-21(28)16(3)22(29)12-20/h4-5,8-12,18,25H,6-7,13H2,1-3H3. The normalized spacial score (nSPS) is 18.5. The maximum absolute atomic E-state index is 14.7. The van der Waals surface area contributed by atoms with Crippen LogP contribution in [0, 0.1) is 44.0 Å². The van der Waals surface area contributed by atoms with Crippen LogP contribution < -0.4 is 4.74 Å². The zero-order chi connectivity index (χ0) is 25.5. The molecule has 2 atom stereocenters. The molecule has 2 nitrogen and oxygen atoms in total. The van der Waals surface area contributed by atoms with Gasteiger partial charge in [-0.1, -0.05) is 18.2 Å². The molecular weight excluding hydrogens is 470 g/mol. The zero-order valence-corrected chi connectivity index (χ0v) is 19.4. The molecule has 0 saturated carbocycles. The first-order chi connectivity index (χ1) is 16.5. The summed E-state index contributed by atoms with van der Waals surface area (Å²) in [6.45, 7) is 5.47. The van der Waals surface area contributed by atoms with E-state index < -0.39 is 52.4 Å². The summed E-state index contributed by atoms with van der Waals surface area (Å²) in [6.07, 6.45) is -4.03. The van der Waals surface area contributed by atoms with E-state index >= 15 is 0 Å². The molecule has 2 unspecified atom stereocenters. The van der Waals surface area contributed by atoms with Crippen molar-refractivity contribution in [3.63, 3.8) is 0 Å². The maximum atomic E-state index is 14.7. The average molecular weight is 494 g/mol. The zero-order valence-electron chi connectivity index (χ0n) is 19.4. The number of rotatable bonds is 5. The van der Waals surface area contributed by atoms with Gasteiger partial charge in [0.15, 0.2) is 0 Å². The van der Waals surface area contributed by atoms with Gasteiger partial charge in [0, 0.05) is 23.6 Å². The second-order valence-electron chi connectivity index (χ2n) is 8.93. The van der Waals surface area contributed by atoms with Crippen LogP contribution >= 0.6 is 0 Å². The second-order valence-corrected chi connectivity index (χ2v) is 8.93. The van der Waals surface area contributed by atoms with Gasteiger partial charge in [-0.05, 0) is 68.0 Å². The molecule has 1 fully saturated rings. The fourth-order valence-corrected chi connectivity index (χ4v) is 4.23. The monoisotopic (exact) mass is 494 g/mol. The number of aryl methyl sites for hydroxylation is 2. The Balaban J connectivity index is 1.51. The van der Waals surface area contributed by atoms with Crippen LogP contribution in [0.25, 0.3) is 0 Å². The molecule has 0 radical (unpaired) electrons. The smallest absolute Gasteiger partial charge is 0.429 e. The van der Waals surface area contributed by atoms with E-state index in [1.807, 2.05) is 26.0 Å². The molecule has 3 aromatic carbocycles. The maximum Gasteiger partial charge on any atom is 0.432 e. The largest absolute Gasteiger partial charge is 0.432 e. The van der Waals surface area contributed by atoms with Crippen molar-refractivity contribution in [3.05, 3.63) is 99.1 Å². The van der Waals surface area contributed by atoms with E-state index in [0.717, 1.165) is 30.2 Å². The van der Waals surface area contributed by atoms with Gasteiger partial charge in [0.2, 0.25) is 0 Å².